The first-order valence-corrected chi connectivity index (χ1v) is 8.96. The van der Waals surface area contributed by atoms with E-state index in [1.807, 2.05) is 12.1 Å². The molecule has 132 valence electrons. The lowest BCUT2D eigenvalue weighted by Gasteiger charge is -2.25. The van der Waals surface area contributed by atoms with Crippen LogP contribution in [0.2, 0.25) is 5.02 Å². The van der Waals surface area contributed by atoms with Crippen molar-refractivity contribution in [2.45, 2.75) is 44.9 Å². The fourth-order valence-corrected chi connectivity index (χ4v) is 3.46. The van der Waals surface area contributed by atoms with Crippen LogP contribution in [0.4, 0.5) is 0 Å². The normalized spacial score (nSPS) is 21.5. The van der Waals surface area contributed by atoms with Crippen LogP contribution in [-0.2, 0) is 13.0 Å². The molecule has 2 aromatic rings. The first kappa shape index (κ1) is 16.3. The Hall–Kier alpha value is -2.21. The quantitative estimate of drug-likeness (QED) is 0.913. The molecular formula is C18H20ClN3O3. The second-order valence-electron chi connectivity index (χ2n) is 6.47. The van der Waals surface area contributed by atoms with E-state index in [0.29, 0.717) is 29.6 Å². The summed E-state index contributed by atoms with van der Waals surface area (Å²) < 4.78 is 13.3. The minimum absolute atomic E-state index is 0.110. The molecule has 0 bridgehead atoms. The van der Waals surface area contributed by atoms with Gasteiger partial charge in [0.15, 0.2) is 5.69 Å². The number of amides is 1. The maximum Gasteiger partial charge on any atom is 0.272 e. The largest absolute Gasteiger partial charge is 0.491 e. The predicted octanol–water partition coefficient (Wildman–Crippen LogP) is 2.83. The van der Waals surface area contributed by atoms with Crippen molar-refractivity contribution >= 4 is 17.5 Å². The molecule has 2 atom stereocenters. The van der Waals surface area contributed by atoms with Gasteiger partial charge in [0.25, 0.3) is 5.91 Å². The van der Waals surface area contributed by atoms with Crippen LogP contribution in [-0.4, -0.2) is 34.4 Å². The van der Waals surface area contributed by atoms with Gasteiger partial charge in [-0.25, -0.2) is 4.68 Å². The third-order valence-electron chi connectivity index (χ3n) is 4.65. The number of rotatable bonds is 3. The lowest BCUT2D eigenvalue weighted by Crippen LogP contribution is -2.42. The smallest absolute Gasteiger partial charge is 0.272 e. The van der Waals surface area contributed by atoms with Gasteiger partial charge in [-0.15, -0.1) is 0 Å². The molecule has 0 radical (unpaired) electrons. The Labute approximate surface area is 151 Å². The minimum atomic E-state index is -0.211. The first-order chi connectivity index (χ1) is 12.1. The maximum atomic E-state index is 12.5. The summed E-state index contributed by atoms with van der Waals surface area (Å²) in [5, 5.41) is 8.02. The van der Waals surface area contributed by atoms with E-state index in [4.69, 9.17) is 21.1 Å². The maximum absolute atomic E-state index is 12.5. The van der Waals surface area contributed by atoms with Gasteiger partial charge in [0.05, 0.1) is 6.04 Å². The van der Waals surface area contributed by atoms with Gasteiger partial charge in [0, 0.05) is 24.1 Å². The summed E-state index contributed by atoms with van der Waals surface area (Å²) in [6, 6.07) is 7.15. The highest BCUT2D eigenvalue weighted by atomic mass is 35.5. The van der Waals surface area contributed by atoms with Crippen molar-refractivity contribution in [2.75, 3.05) is 6.61 Å². The highest BCUT2D eigenvalue weighted by molar-refractivity contribution is 6.30. The number of ether oxygens (including phenoxy) is 2. The van der Waals surface area contributed by atoms with E-state index in [1.165, 1.54) is 0 Å². The number of halogens is 1. The Morgan fingerprint density at radius 1 is 1.44 bits per heavy atom. The summed E-state index contributed by atoms with van der Waals surface area (Å²) in [5.41, 5.74) is 1.38. The van der Waals surface area contributed by atoms with Gasteiger partial charge in [-0.2, -0.15) is 5.10 Å². The summed E-state index contributed by atoms with van der Waals surface area (Å²) in [6.45, 7) is 3.30. The van der Waals surface area contributed by atoms with E-state index in [2.05, 4.69) is 17.3 Å². The van der Waals surface area contributed by atoms with Gasteiger partial charge in [-0.3, -0.25) is 4.79 Å². The molecule has 2 aliphatic rings. The van der Waals surface area contributed by atoms with Crippen molar-refractivity contribution in [3.8, 4) is 11.6 Å². The topological polar surface area (TPSA) is 65.4 Å². The zero-order valence-corrected chi connectivity index (χ0v) is 14.8. The van der Waals surface area contributed by atoms with Crippen molar-refractivity contribution in [1.82, 2.24) is 15.1 Å². The molecule has 0 spiro atoms. The average Bonchev–Trinajstić information content (AvgIpc) is 3.04. The summed E-state index contributed by atoms with van der Waals surface area (Å²) in [4.78, 5) is 12.5. The van der Waals surface area contributed by atoms with E-state index in [1.54, 1.807) is 16.8 Å². The van der Waals surface area contributed by atoms with Crippen LogP contribution in [0.3, 0.4) is 0 Å². The SMILES string of the molecule is CCC1CCn2nc(C(=O)NC3COc4ccc(Cl)cc4C3)cc2O1. The molecule has 4 rings (SSSR count). The minimum Gasteiger partial charge on any atom is -0.491 e. The number of fused-ring (bicyclic) bond motifs is 2. The van der Waals surface area contributed by atoms with E-state index in [0.717, 1.165) is 30.7 Å². The van der Waals surface area contributed by atoms with Gasteiger partial charge in [-0.1, -0.05) is 18.5 Å². The number of hydrogen-bond acceptors (Lipinski definition) is 4. The van der Waals surface area contributed by atoms with Crippen LogP contribution < -0.4 is 14.8 Å². The molecular weight excluding hydrogens is 342 g/mol. The molecule has 0 saturated carbocycles. The molecule has 0 saturated heterocycles. The highest BCUT2D eigenvalue weighted by Crippen LogP contribution is 2.28. The molecule has 0 aliphatic carbocycles. The summed E-state index contributed by atoms with van der Waals surface area (Å²) >= 11 is 6.04. The molecule has 0 fully saturated rings. The van der Waals surface area contributed by atoms with Crippen LogP contribution >= 0.6 is 11.6 Å². The molecule has 1 amide bonds. The summed E-state index contributed by atoms with van der Waals surface area (Å²) in [5.74, 6) is 1.28. The molecule has 6 nitrogen and oxygen atoms in total. The summed E-state index contributed by atoms with van der Waals surface area (Å²) in [7, 11) is 0. The van der Waals surface area contributed by atoms with Crippen LogP contribution in [0.15, 0.2) is 24.3 Å². The molecule has 25 heavy (non-hydrogen) atoms. The number of carbonyl (C=O) groups excluding carboxylic acids is 1. The van der Waals surface area contributed by atoms with Crippen LogP contribution in [0, 0.1) is 0 Å². The fourth-order valence-electron chi connectivity index (χ4n) is 3.26. The van der Waals surface area contributed by atoms with E-state index in [-0.39, 0.29) is 18.1 Å². The molecule has 2 unspecified atom stereocenters. The lowest BCUT2D eigenvalue weighted by atomic mass is 10.0. The summed E-state index contributed by atoms with van der Waals surface area (Å²) in [6.07, 6.45) is 2.76. The molecule has 1 N–H and O–H groups in total. The Balaban J connectivity index is 1.44. The lowest BCUT2D eigenvalue weighted by molar-refractivity contribution is 0.0909. The van der Waals surface area contributed by atoms with Gasteiger partial charge >= 0.3 is 0 Å². The van der Waals surface area contributed by atoms with E-state index in [9.17, 15) is 4.79 Å². The molecule has 2 aliphatic heterocycles. The van der Waals surface area contributed by atoms with Crippen LogP contribution in [0.5, 0.6) is 11.6 Å². The molecule has 1 aromatic heterocycles. The molecule has 1 aromatic carbocycles. The van der Waals surface area contributed by atoms with Crippen molar-refractivity contribution in [3.63, 3.8) is 0 Å². The molecule has 3 heterocycles. The molecule has 7 heteroatoms. The third kappa shape index (κ3) is 3.31. The standard InChI is InChI=1S/C18H20ClN3O3/c1-2-14-5-6-22-17(25-14)9-15(21-22)18(23)20-13-8-11-7-12(19)3-4-16(11)24-10-13/h3-4,7,9,13-14H,2,5-6,8,10H2,1H3,(H,20,23). The fraction of sp³-hybridized carbons (Fsp3) is 0.444. The van der Waals surface area contributed by atoms with Crippen molar-refractivity contribution in [1.29, 1.82) is 0 Å². The predicted molar refractivity (Wildman–Crippen MR) is 93.5 cm³/mol. The Morgan fingerprint density at radius 3 is 3.16 bits per heavy atom. The van der Waals surface area contributed by atoms with Gasteiger partial charge < -0.3 is 14.8 Å². The Kier molecular flexibility index (Phi) is 4.29. The van der Waals surface area contributed by atoms with E-state index >= 15 is 0 Å². The zero-order valence-electron chi connectivity index (χ0n) is 14.0. The van der Waals surface area contributed by atoms with Crippen LogP contribution in [0.1, 0.15) is 35.8 Å². The average molecular weight is 362 g/mol. The van der Waals surface area contributed by atoms with Gasteiger partial charge in [0.1, 0.15) is 18.5 Å². The number of aryl methyl sites for hydroxylation is 1. The second kappa shape index (κ2) is 6.59. The Morgan fingerprint density at radius 2 is 2.32 bits per heavy atom. The number of hydrogen-bond donors (Lipinski definition) is 1. The Bertz CT molecular complexity index is 805. The number of benzene rings is 1. The number of nitrogens with one attached hydrogen (secondary N) is 1. The second-order valence-corrected chi connectivity index (χ2v) is 6.90. The van der Waals surface area contributed by atoms with Crippen molar-refractivity contribution < 1.29 is 14.3 Å². The number of aromatic nitrogens is 2. The van der Waals surface area contributed by atoms with Gasteiger partial charge in [0.2, 0.25) is 5.88 Å². The van der Waals surface area contributed by atoms with Gasteiger partial charge in [-0.05, 0) is 36.6 Å². The van der Waals surface area contributed by atoms with Crippen molar-refractivity contribution in [3.05, 3.63) is 40.5 Å². The van der Waals surface area contributed by atoms with Crippen molar-refractivity contribution in [2.24, 2.45) is 0 Å². The van der Waals surface area contributed by atoms with Crippen LogP contribution in [0.25, 0.3) is 0 Å². The monoisotopic (exact) mass is 361 g/mol. The van der Waals surface area contributed by atoms with E-state index < -0.39 is 0 Å². The first-order valence-electron chi connectivity index (χ1n) is 8.59. The highest BCUT2D eigenvalue weighted by Gasteiger charge is 2.26. The number of nitrogens with zero attached hydrogens (tertiary/aromatic N) is 2. The third-order valence-corrected chi connectivity index (χ3v) is 4.88. The zero-order chi connectivity index (χ0) is 17.4. The number of carbonyl (C=O) groups is 1.